The zero-order valence-electron chi connectivity index (χ0n) is 17.4. The molecule has 1 atom stereocenters. The number of rotatable bonds is 6. The molecule has 0 radical (unpaired) electrons. The summed E-state index contributed by atoms with van der Waals surface area (Å²) in [6.07, 6.45) is -0.377. The van der Waals surface area contributed by atoms with E-state index in [0.29, 0.717) is 22.8 Å². The van der Waals surface area contributed by atoms with Gasteiger partial charge in [0, 0.05) is 34.6 Å². The van der Waals surface area contributed by atoms with Crippen molar-refractivity contribution in [1.29, 1.82) is 0 Å². The van der Waals surface area contributed by atoms with Crippen LogP contribution in [-0.2, 0) is 0 Å². The van der Waals surface area contributed by atoms with Gasteiger partial charge in [-0.3, -0.25) is 9.69 Å². The average Bonchev–Trinajstić information content (AvgIpc) is 3.05. The molecule has 6 heteroatoms. The second kappa shape index (κ2) is 7.99. The number of hydrogen-bond donors (Lipinski definition) is 1. The first kappa shape index (κ1) is 19.6. The minimum absolute atomic E-state index is 0.0372. The SMILES string of the molecule is COc1cc(N[C@@H]2c3ccccc3C(=O)N2c2ccccc2C)cc(OC)c1OC. The number of aryl methyl sites for hydroxylation is 1. The highest BCUT2D eigenvalue weighted by Gasteiger charge is 2.38. The predicted octanol–water partition coefficient (Wildman–Crippen LogP) is 4.79. The standard InChI is InChI=1S/C24H24N2O4/c1-15-9-5-8-12-19(15)26-23(17-10-6-7-11-18(17)24(26)27)25-16-13-20(28-2)22(30-4)21(14-16)29-3/h5-14,23,25H,1-4H3/t23-/m0/s1. The molecule has 1 heterocycles. The summed E-state index contributed by atoms with van der Waals surface area (Å²) in [5.74, 6) is 1.56. The van der Waals surface area contributed by atoms with Crippen LogP contribution in [0.4, 0.5) is 11.4 Å². The third kappa shape index (κ3) is 3.20. The van der Waals surface area contributed by atoms with Crippen LogP contribution in [0, 0.1) is 6.92 Å². The molecule has 0 saturated carbocycles. The quantitative estimate of drug-likeness (QED) is 0.640. The highest BCUT2D eigenvalue weighted by molar-refractivity contribution is 6.11. The molecule has 0 fully saturated rings. The van der Waals surface area contributed by atoms with E-state index in [4.69, 9.17) is 14.2 Å². The Morgan fingerprint density at radius 2 is 1.50 bits per heavy atom. The molecule has 30 heavy (non-hydrogen) atoms. The molecule has 0 aromatic heterocycles. The number of ether oxygens (including phenoxy) is 3. The normalized spacial score (nSPS) is 15.0. The molecule has 6 nitrogen and oxygen atoms in total. The lowest BCUT2D eigenvalue weighted by molar-refractivity contribution is 0.0993. The van der Waals surface area contributed by atoms with Gasteiger partial charge < -0.3 is 19.5 Å². The fourth-order valence-electron chi connectivity index (χ4n) is 3.86. The molecule has 4 rings (SSSR count). The van der Waals surface area contributed by atoms with Crippen molar-refractivity contribution in [1.82, 2.24) is 0 Å². The first-order chi connectivity index (χ1) is 14.6. The van der Waals surface area contributed by atoms with Crippen LogP contribution in [0.25, 0.3) is 0 Å². The number of para-hydroxylation sites is 1. The Labute approximate surface area is 176 Å². The third-order valence-corrected chi connectivity index (χ3v) is 5.31. The van der Waals surface area contributed by atoms with Gasteiger partial charge in [-0.25, -0.2) is 0 Å². The average molecular weight is 404 g/mol. The topological polar surface area (TPSA) is 60.0 Å². The molecule has 3 aromatic rings. The zero-order chi connectivity index (χ0) is 21.3. The van der Waals surface area contributed by atoms with E-state index in [9.17, 15) is 4.79 Å². The van der Waals surface area contributed by atoms with E-state index in [1.54, 1.807) is 26.2 Å². The van der Waals surface area contributed by atoms with E-state index in [1.807, 2.05) is 67.6 Å². The molecule has 154 valence electrons. The lowest BCUT2D eigenvalue weighted by atomic mass is 10.1. The van der Waals surface area contributed by atoms with Gasteiger partial charge in [0.15, 0.2) is 11.5 Å². The number of benzene rings is 3. The van der Waals surface area contributed by atoms with Crippen molar-refractivity contribution >= 4 is 17.3 Å². The molecular formula is C24H24N2O4. The van der Waals surface area contributed by atoms with Crippen LogP contribution < -0.4 is 24.4 Å². The highest BCUT2D eigenvalue weighted by atomic mass is 16.5. The van der Waals surface area contributed by atoms with Crippen LogP contribution in [-0.4, -0.2) is 27.2 Å². The van der Waals surface area contributed by atoms with Gasteiger partial charge in [0.2, 0.25) is 5.75 Å². The number of nitrogens with zero attached hydrogens (tertiary/aromatic N) is 1. The van der Waals surface area contributed by atoms with Gasteiger partial charge in [0.05, 0.1) is 21.3 Å². The van der Waals surface area contributed by atoms with Crippen LogP contribution in [0.1, 0.15) is 27.7 Å². The molecule has 0 saturated heterocycles. The van der Waals surface area contributed by atoms with Crippen LogP contribution >= 0.6 is 0 Å². The van der Waals surface area contributed by atoms with Crippen molar-refractivity contribution < 1.29 is 19.0 Å². The molecule has 0 aliphatic carbocycles. The first-order valence-electron chi connectivity index (χ1n) is 9.63. The molecule has 1 amide bonds. The predicted molar refractivity (Wildman–Crippen MR) is 117 cm³/mol. The summed E-state index contributed by atoms with van der Waals surface area (Å²) in [5, 5.41) is 3.49. The van der Waals surface area contributed by atoms with Crippen molar-refractivity contribution in [3.05, 3.63) is 77.4 Å². The van der Waals surface area contributed by atoms with Crippen LogP contribution in [0.3, 0.4) is 0 Å². The number of carbonyl (C=O) groups excluding carboxylic acids is 1. The smallest absolute Gasteiger partial charge is 0.260 e. The molecule has 1 N–H and O–H groups in total. The first-order valence-corrected chi connectivity index (χ1v) is 9.63. The summed E-state index contributed by atoms with van der Waals surface area (Å²) < 4.78 is 16.4. The minimum Gasteiger partial charge on any atom is -0.493 e. The molecule has 0 bridgehead atoms. The monoisotopic (exact) mass is 404 g/mol. The molecule has 0 unspecified atom stereocenters. The second-order valence-corrected chi connectivity index (χ2v) is 7.01. The maximum atomic E-state index is 13.3. The maximum Gasteiger partial charge on any atom is 0.260 e. The van der Waals surface area contributed by atoms with Crippen molar-refractivity contribution in [2.45, 2.75) is 13.1 Å². The number of nitrogens with one attached hydrogen (secondary N) is 1. The Bertz CT molecular complexity index is 1070. The minimum atomic E-state index is -0.377. The van der Waals surface area contributed by atoms with E-state index in [1.165, 1.54) is 0 Å². The van der Waals surface area contributed by atoms with Crippen LogP contribution in [0.15, 0.2) is 60.7 Å². The number of fused-ring (bicyclic) bond motifs is 1. The van der Waals surface area contributed by atoms with Crippen molar-refractivity contribution in [3.63, 3.8) is 0 Å². The van der Waals surface area contributed by atoms with E-state index < -0.39 is 0 Å². The summed E-state index contributed by atoms with van der Waals surface area (Å²) >= 11 is 0. The molecule has 1 aliphatic heterocycles. The van der Waals surface area contributed by atoms with Crippen molar-refractivity contribution in [3.8, 4) is 17.2 Å². The van der Waals surface area contributed by atoms with E-state index in [2.05, 4.69) is 5.32 Å². The molecule has 0 spiro atoms. The molecule has 1 aliphatic rings. The Hall–Kier alpha value is -3.67. The van der Waals surface area contributed by atoms with Gasteiger partial charge in [-0.15, -0.1) is 0 Å². The molecular weight excluding hydrogens is 380 g/mol. The Morgan fingerprint density at radius 3 is 2.13 bits per heavy atom. The van der Waals surface area contributed by atoms with Gasteiger partial charge in [0.25, 0.3) is 5.91 Å². The van der Waals surface area contributed by atoms with E-state index in [0.717, 1.165) is 22.5 Å². The Balaban J connectivity index is 1.81. The van der Waals surface area contributed by atoms with Gasteiger partial charge in [-0.05, 0) is 24.6 Å². The number of hydrogen-bond acceptors (Lipinski definition) is 5. The van der Waals surface area contributed by atoms with E-state index in [-0.39, 0.29) is 12.1 Å². The van der Waals surface area contributed by atoms with Gasteiger partial charge in [0.1, 0.15) is 6.17 Å². The number of carbonyl (C=O) groups is 1. The Morgan fingerprint density at radius 1 is 0.867 bits per heavy atom. The third-order valence-electron chi connectivity index (χ3n) is 5.31. The maximum absolute atomic E-state index is 13.3. The fourth-order valence-corrected chi connectivity index (χ4v) is 3.86. The summed E-state index contributed by atoms with van der Waals surface area (Å²) in [5.41, 5.74) is 4.24. The second-order valence-electron chi connectivity index (χ2n) is 7.01. The summed E-state index contributed by atoms with van der Waals surface area (Å²) in [7, 11) is 4.73. The highest BCUT2D eigenvalue weighted by Crippen LogP contribution is 2.43. The number of methoxy groups -OCH3 is 3. The van der Waals surface area contributed by atoms with Crippen molar-refractivity contribution in [2.75, 3.05) is 31.5 Å². The summed E-state index contributed by atoms with van der Waals surface area (Å²) in [6, 6.07) is 19.2. The van der Waals surface area contributed by atoms with E-state index >= 15 is 0 Å². The zero-order valence-corrected chi connectivity index (χ0v) is 17.4. The number of amides is 1. The lowest BCUT2D eigenvalue weighted by Crippen LogP contribution is -2.32. The summed E-state index contributed by atoms with van der Waals surface area (Å²) in [4.78, 5) is 15.1. The van der Waals surface area contributed by atoms with Crippen molar-refractivity contribution in [2.24, 2.45) is 0 Å². The van der Waals surface area contributed by atoms with Crippen LogP contribution in [0.2, 0.25) is 0 Å². The number of anilines is 2. The largest absolute Gasteiger partial charge is 0.493 e. The fraction of sp³-hybridized carbons (Fsp3) is 0.208. The van der Waals surface area contributed by atoms with Gasteiger partial charge in [-0.2, -0.15) is 0 Å². The Kier molecular flexibility index (Phi) is 5.23. The van der Waals surface area contributed by atoms with Gasteiger partial charge in [-0.1, -0.05) is 36.4 Å². The lowest BCUT2D eigenvalue weighted by Gasteiger charge is -2.29. The molecule has 3 aromatic carbocycles. The van der Waals surface area contributed by atoms with Gasteiger partial charge >= 0.3 is 0 Å². The van der Waals surface area contributed by atoms with Crippen LogP contribution in [0.5, 0.6) is 17.2 Å². The summed E-state index contributed by atoms with van der Waals surface area (Å²) in [6.45, 7) is 2.00.